The van der Waals surface area contributed by atoms with Crippen LogP contribution in [0.25, 0.3) is 6.08 Å². The Kier molecular flexibility index (Phi) is 4.46. The number of esters is 1. The number of aryl methyl sites for hydroxylation is 1. The number of hydrogen-bond donors (Lipinski definition) is 1. The van der Waals surface area contributed by atoms with Gasteiger partial charge in [-0.3, -0.25) is 9.59 Å². The van der Waals surface area contributed by atoms with E-state index in [2.05, 4.69) is 5.32 Å². The van der Waals surface area contributed by atoms with Gasteiger partial charge in [0.15, 0.2) is 12.4 Å². The lowest BCUT2D eigenvalue weighted by atomic mass is 9.99. The van der Waals surface area contributed by atoms with Crippen molar-refractivity contribution in [3.8, 4) is 5.75 Å². The molecule has 27 heavy (non-hydrogen) atoms. The largest absolute Gasteiger partial charge is 0.488 e. The van der Waals surface area contributed by atoms with Crippen LogP contribution in [0, 0.1) is 0 Å². The average Bonchev–Trinajstić information content (AvgIpc) is 2.71. The van der Waals surface area contributed by atoms with Crippen LogP contribution in [0.3, 0.4) is 0 Å². The highest BCUT2D eigenvalue weighted by molar-refractivity contribution is 6.02. The van der Waals surface area contributed by atoms with E-state index in [0.29, 0.717) is 29.7 Å². The molecule has 0 atom stereocenters. The fraction of sp³-hybridized carbons (Fsp3) is 0.190. The number of para-hydroxylation sites is 1. The molecule has 0 saturated heterocycles. The molecule has 0 unspecified atom stereocenters. The Hall–Kier alpha value is -3.41. The molecule has 2 heterocycles. The van der Waals surface area contributed by atoms with Crippen LogP contribution >= 0.6 is 0 Å². The number of Topliss-reactive ketones (excluding diaryl/α,β-unsaturated/α-hetero) is 1. The second kappa shape index (κ2) is 7.07. The Morgan fingerprint density at radius 1 is 1.11 bits per heavy atom. The molecule has 2 aliphatic rings. The molecule has 2 aromatic carbocycles. The minimum absolute atomic E-state index is 0.0277. The van der Waals surface area contributed by atoms with E-state index in [1.807, 2.05) is 24.3 Å². The number of nitrogens with one attached hydrogen (secondary N) is 1. The summed E-state index contributed by atoms with van der Waals surface area (Å²) >= 11 is 0. The Morgan fingerprint density at radius 3 is 2.85 bits per heavy atom. The van der Waals surface area contributed by atoms with Crippen molar-refractivity contribution >= 4 is 29.4 Å². The monoisotopic (exact) mass is 363 g/mol. The molecule has 1 amide bonds. The third kappa shape index (κ3) is 3.60. The highest BCUT2D eigenvalue weighted by Gasteiger charge is 2.20. The van der Waals surface area contributed by atoms with Crippen LogP contribution in [-0.2, 0) is 20.7 Å². The number of hydrogen-bond acceptors (Lipinski definition) is 5. The first-order chi connectivity index (χ1) is 13.1. The van der Waals surface area contributed by atoms with Crippen molar-refractivity contribution in [3.05, 3.63) is 64.7 Å². The van der Waals surface area contributed by atoms with E-state index in [4.69, 9.17) is 9.47 Å². The number of carbonyl (C=O) groups excluding carboxylic acids is 3. The van der Waals surface area contributed by atoms with Gasteiger partial charge in [-0.15, -0.1) is 0 Å². The van der Waals surface area contributed by atoms with Crippen molar-refractivity contribution < 1.29 is 23.9 Å². The smallest absolute Gasteiger partial charge is 0.337 e. The molecule has 2 aliphatic heterocycles. The highest BCUT2D eigenvalue weighted by Crippen LogP contribution is 2.26. The van der Waals surface area contributed by atoms with Crippen LogP contribution in [-0.4, -0.2) is 30.9 Å². The molecule has 2 aromatic rings. The van der Waals surface area contributed by atoms with E-state index in [9.17, 15) is 14.4 Å². The summed E-state index contributed by atoms with van der Waals surface area (Å²) in [4.78, 5) is 36.0. The first-order valence-electron chi connectivity index (χ1n) is 8.65. The Bertz CT molecular complexity index is 976. The van der Waals surface area contributed by atoms with Crippen LogP contribution in [0.2, 0.25) is 0 Å². The maximum atomic E-state index is 12.4. The van der Waals surface area contributed by atoms with E-state index in [1.165, 1.54) is 0 Å². The van der Waals surface area contributed by atoms with E-state index in [-0.39, 0.29) is 24.9 Å². The average molecular weight is 363 g/mol. The van der Waals surface area contributed by atoms with E-state index in [0.717, 1.165) is 16.8 Å². The van der Waals surface area contributed by atoms with Crippen LogP contribution in [0.1, 0.15) is 27.9 Å². The molecule has 0 aromatic heterocycles. The Balaban J connectivity index is 1.40. The van der Waals surface area contributed by atoms with Crippen molar-refractivity contribution in [2.45, 2.75) is 12.8 Å². The first kappa shape index (κ1) is 17.0. The number of benzene rings is 2. The van der Waals surface area contributed by atoms with Gasteiger partial charge in [0, 0.05) is 23.2 Å². The summed E-state index contributed by atoms with van der Waals surface area (Å²) in [5.41, 5.74) is 3.26. The van der Waals surface area contributed by atoms with Gasteiger partial charge in [-0.25, -0.2) is 4.79 Å². The second-order valence-corrected chi connectivity index (χ2v) is 6.42. The predicted octanol–water partition coefficient (Wildman–Crippen LogP) is 2.77. The number of carbonyl (C=O) groups is 3. The van der Waals surface area contributed by atoms with Gasteiger partial charge < -0.3 is 14.8 Å². The highest BCUT2D eigenvalue weighted by atomic mass is 16.5. The SMILES string of the molecule is O=C1CCc2cc(C(=O)COC(=O)C3=Cc4ccccc4OC3)ccc2N1. The Labute approximate surface area is 155 Å². The van der Waals surface area contributed by atoms with Gasteiger partial charge >= 0.3 is 5.97 Å². The van der Waals surface area contributed by atoms with Gasteiger partial charge in [-0.05, 0) is 42.3 Å². The lowest BCUT2D eigenvalue weighted by Crippen LogP contribution is -2.21. The molecular formula is C21H17NO5. The Morgan fingerprint density at radius 2 is 1.96 bits per heavy atom. The normalized spacial score (nSPS) is 14.8. The van der Waals surface area contributed by atoms with Gasteiger partial charge in [-0.1, -0.05) is 18.2 Å². The maximum absolute atomic E-state index is 12.4. The molecule has 136 valence electrons. The molecule has 6 heteroatoms. The summed E-state index contributed by atoms with van der Waals surface area (Å²) in [6.45, 7) is -0.231. The minimum Gasteiger partial charge on any atom is -0.488 e. The summed E-state index contributed by atoms with van der Waals surface area (Å²) in [6.07, 6.45) is 2.70. The number of amides is 1. The molecule has 6 nitrogen and oxygen atoms in total. The third-order valence-corrected chi connectivity index (χ3v) is 4.55. The van der Waals surface area contributed by atoms with Gasteiger partial charge in [-0.2, -0.15) is 0 Å². The zero-order valence-electron chi connectivity index (χ0n) is 14.5. The lowest BCUT2D eigenvalue weighted by Gasteiger charge is -2.18. The maximum Gasteiger partial charge on any atom is 0.337 e. The third-order valence-electron chi connectivity index (χ3n) is 4.55. The van der Waals surface area contributed by atoms with Crippen LogP contribution < -0.4 is 10.1 Å². The zero-order valence-corrected chi connectivity index (χ0v) is 14.5. The minimum atomic E-state index is -0.567. The van der Waals surface area contributed by atoms with Gasteiger partial charge in [0.2, 0.25) is 5.91 Å². The zero-order chi connectivity index (χ0) is 18.8. The van der Waals surface area contributed by atoms with Gasteiger partial charge in [0.05, 0.1) is 5.57 Å². The summed E-state index contributed by atoms with van der Waals surface area (Å²) < 4.78 is 10.7. The summed E-state index contributed by atoms with van der Waals surface area (Å²) in [5.74, 6) is -0.171. The molecular weight excluding hydrogens is 346 g/mol. The van der Waals surface area contributed by atoms with E-state index >= 15 is 0 Å². The van der Waals surface area contributed by atoms with Crippen molar-refractivity contribution in [2.75, 3.05) is 18.5 Å². The van der Waals surface area contributed by atoms with E-state index in [1.54, 1.807) is 24.3 Å². The van der Waals surface area contributed by atoms with Crippen molar-refractivity contribution in [1.82, 2.24) is 0 Å². The van der Waals surface area contributed by atoms with E-state index < -0.39 is 5.97 Å². The number of fused-ring (bicyclic) bond motifs is 2. The second-order valence-electron chi connectivity index (χ2n) is 6.42. The number of ketones is 1. The summed E-state index contributed by atoms with van der Waals surface area (Å²) in [7, 11) is 0. The van der Waals surface area contributed by atoms with Crippen molar-refractivity contribution in [2.24, 2.45) is 0 Å². The number of rotatable bonds is 4. The van der Waals surface area contributed by atoms with Crippen LogP contribution in [0.5, 0.6) is 5.75 Å². The molecule has 0 spiro atoms. The van der Waals surface area contributed by atoms with Crippen molar-refractivity contribution in [1.29, 1.82) is 0 Å². The van der Waals surface area contributed by atoms with Crippen LogP contribution in [0.4, 0.5) is 5.69 Å². The molecule has 4 rings (SSSR count). The molecule has 0 saturated carbocycles. The lowest BCUT2D eigenvalue weighted by molar-refractivity contribution is -0.138. The van der Waals surface area contributed by atoms with Crippen molar-refractivity contribution in [3.63, 3.8) is 0 Å². The molecule has 0 bridgehead atoms. The fourth-order valence-electron chi connectivity index (χ4n) is 3.10. The first-order valence-corrected chi connectivity index (χ1v) is 8.65. The van der Waals surface area contributed by atoms with Gasteiger partial charge in [0.25, 0.3) is 0 Å². The van der Waals surface area contributed by atoms with Gasteiger partial charge in [0.1, 0.15) is 12.4 Å². The quantitative estimate of drug-likeness (QED) is 0.667. The summed E-state index contributed by atoms with van der Waals surface area (Å²) in [5, 5.41) is 2.77. The molecule has 0 fully saturated rings. The predicted molar refractivity (Wildman–Crippen MR) is 98.6 cm³/mol. The van der Waals surface area contributed by atoms with Crippen LogP contribution in [0.15, 0.2) is 48.0 Å². The number of ether oxygens (including phenoxy) is 2. The summed E-state index contributed by atoms with van der Waals surface area (Å²) in [6, 6.07) is 12.5. The standard InChI is InChI=1S/C21H17NO5/c23-18(14-5-7-17-13(9-14)6-8-20(24)22-17)12-27-21(25)16-10-15-3-1-2-4-19(15)26-11-16/h1-5,7,9-10H,6,8,11-12H2,(H,22,24). The number of anilines is 1. The molecule has 1 N–H and O–H groups in total. The molecule has 0 aliphatic carbocycles. The molecule has 0 radical (unpaired) electrons. The fourth-order valence-corrected chi connectivity index (χ4v) is 3.10. The topological polar surface area (TPSA) is 81.7 Å².